The third kappa shape index (κ3) is 5.93. The minimum atomic E-state index is -0.616. The van der Waals surface area contributed by atoms with Crippen LogP contribution in [0.3, 0.4) is 0 Å². The number of nitrogens with zero attached hydrogens (tertiary/aromatic N) is 2. The number of benzene rings is 2. The van der Waals surface area contributed by atoms with Gasteiger partial charge >= 0.3 is 5.97 Å². The molecule has 0 spiro atoms. The average Bonchev–Trinajstić information content (AvgIpc) is 3.54. The molecule has 0 saturated heterocycles. The summed E-state index contributed by atoms with van der Waals surface area (Å²) < 4.78 is 24.1. The first kappa shape index (κ1) is 28.7. The Morgan fingerprint density at radius 3 is 2.74 bits per heavy atom. The van der Waals surface area contributed by atoms with Gasteiger partial charge < -0.3 is 34.1 Å². The smallest absolute Gasteiger partial charge is 0.338 e. The van der Waals surface area contributed by atoms with Crippen LogP contribution in [-0.2, 0) is 14.3 Å². The number of aryl methyl sites for hydroxylation is 1. The van der Waals surface area contributed by atoms with Crippen molar-refractivity contribution in [3.63, 3.8) is 0 Å². The molecule has 2 aromatic carbocycles. The maximum Gasteiger partial charge on any atom is 0.338 e. The number of allylic oxidation sites excluding steroid dienone is 1. The highest BCUT2D eigenvalue weighted by Crippen LogP contribution is 2.35. The van der Waals surface area contributed by atoms with Crippen molar-refractivity contribution in [3.8, 4) is 22.9 Å². The maximum atomic E-state index is 12.7. The number of esters is 1. The molecule has 12 heteroatoms. The zero-order valence-corrected chi connectivity index (χ0v) is 24.5. The van der Waals surface area contributed by atoms with Crippen LogP contribution in [0.15, 0.2) is 64.9 Å². The van der Waals surface area contributed by atoms with Gasteiger partial charge in [0.2, 0.25) is 6.79 Å². The second-order valence-electron chi connectivity index (χ2n) is 9.61. The molecule has 5 rings (SSSR count). The first-order valence-electron chi connectivity index (χ1n) is 13.3. The Hall–Kier alpha value is -4.84. The molecule has 1 atom stereocenters. The van der Waals surface area contributed by atoms with Crippen molar-refractivity contribution in [2.45, 2.75) is 33.7 Å². The normalized spacial score (nSPS) is 15.8. The van der Waals surface area contributed by atoms with Crippen molar-refractivity contribution in [1.29, 1.82) is 0 Å². The van der Waals surface area contributed by atoms with Gasteiger partial charge in [-0.2, -0.15) is 5.10 Å². The van der Waals surface area contributed by atoms with Crippen LogP contribution in [0.1, 0.15) is 42.4 Å². The van der Waals surface area contributed by atoms with E-state index in [0.717, 1.165) is 28.4 Å². The van der Waals surface area contributed by atoms with Crippen molar-refractivity contribution in [2.24, 2.45) is 5.10 Å². The Labute approximate surface area is 248 Å². The second-order valence-corrected chi connectivity index (χ2v) is 10.0. The topological polar surface area (TPSA) is 124 Å². The minimum Gasteiger partial charge on any atom is -0.483 e. The third-order valence-electron chi connectivity index (χ3n) is 6.83. The predicted octanol–water partition coefficient (Wildman–Crippen LogP) is 3.71. The number of carbonyl (C=O) groups is 2. The van der Waals surface area contributed by atoms with E-state index in [1.54, 1.807) is 38.3 Å². The fraction of sp³-hybridized carbons (Fsp3) is 0.267. The summed E-state index contributed by atoms with van der Waals surface area (Å²) in [7, 11) is 0. The summed E-state index contributed by atoms with van der Waals surface area (Å²) in [5.41, 5.74) is 7.85. The third-order valence-corrected chi connectivity index (χ3v) is 7.05. The molecule has 3 aromatic rings. The molecular weight excluding hydrogens is 558 g/mol. The Balaban J connectivity index is 1.25. The quantitative estimate of drug-likeness (QED) is 0.148. The largest absolute Gasteiger partial charge is 0.483 e. The number of thiocarbonyl (C=S) groups is 1. The maximum absolute atomic E-state index is 12.7. The van der Waals surface area contributed by atoms with Gasteiger partial charge in [-0.25, -0.2) is 10.2 Å². The number of fused-ring (bicyclic) bond motifs is 1. The number of amides is 1. The number of hydrogen-bond acceptors (Lipinski definition) is 8. The lowest BCUT2D eigenvalue weighted by molar-refractivity contribution is -0.139. The van der Waals surface area contributed by atoms with Gasteiger partial charge in [0.1, 0.15) is 5.75 Å². The van der Waals surface area contributed by atoms with Crippen molar-refractivity contribution in [2.75, 3.05) is 20.0 Å². The number of aromatic nitrogens is 1. The summed E-state index contributed by atoms with van der Waals surface area (Å²) in [4.78, 5) is 25.4. The molecule has 0 saturated carbocycles. The monoisotopic (exact) mass is 589 g/mol. The van der Waals surface area contributed by atoms with Gasteiger partial charge in [0, 0.05) is 40.0 Å². The minimum absolute atomic E-state index is 0.212. The number of para-hydroxylation sites is 1. The van der Waals surface area contributed by atoms with Gasteiger partial charge in [0.15, 0.2) is 23.2 Å². The molecular formula is C30H31N5O6S. The number of ether oxygens (including phenoxy) is 4. The molecule has 218 valence electrons. The van der Waals surface area contributed by atoms with Gasteiger partial charge in [-0.3, -0.25) is 4.79 Å². The molecule has 0 unspecified atom stereocenters. The fourth-order valence-electron chi connectivity index (χ4n) is 4.95. The van der Waals surface area contributed by atoms with Crippen LogP contribution in [0.25, 0.3) is 5.69 Å². The fourth-order valence-corrected chi connectivity index (χ4v) is 5.22. The number of nitrogens with one attached hydrogen (secondary N) is 3. The van der Waals surface area contributed by atoms with Gasteiger partial charge in [0.25, 0.3) is 5.91 Å². The van der Waals surface area contributed by atoms with Crippen LogP contribution in [0, 0.1) is 13.8 Å². The molecule has 1 aromatic heterocycles. The number of rotatable bonds is 9. The van der Waals surface area contributed by atoms with E-state index in [1.165, 1.54) is 0 Å². The lowest BCUT2D eigenvalue weighted by atomic mass is 9.95. The SMILES string of the molecule is CCOC(=O)C1=C(C)NC(=S)N[C@@H]1c1ccccc1OCC(=O)NN=Cc1cc(C)n(-c2ccc3c(c2)OCO3)c1C. The number of hydrogen-bond donors (Lipinski definition) is 3. The van der Waals surface area contributed by atoms with Crippen LogP contribution < -0.4 is 30.3 Å². The molecule has 0 radical (unpaired) electrons. The van der Waals surface area contributed by atoms with E-state index < -0.39 is 17.9 Å². The molecule has 0 fully saturated rings. The first-order chi connectivity index (χ1) is 20.3. The summed E-state index contributed by atoms with van der Waals surface area (Å²) in [6.45, 7) is 7.62. The van der Waals surface area contributed by atoms with E-state index in [-0.39, 0.29) is 20.0 Å². The van der Waals surface area contributed by atoms with Gasteiger partial charge in [0.05, 0.1) is 24.4 Å². The second kappa shape index (κ2) is 12.4. The van der Waals surface area contributed by atoms with Crippen molar-refractivity contribution in [3.05, 3.63) is 82.3 Å². The molecule has 3 N–H and O–H groups in total. The Morgan fingerprint density at radius 2 is 1.93 bits per heavy atom. The van der Waals surface area contributed by atoms with Crippen molar-refractivity contribution >= 4 is 35.4 Å². The summed E-state index contributed by atoms with van der Waals surface area (Å²) >= 11 is 5.33. The highest BCUT2D eigenvalue weighted by molar-refractivity contribution is 7.80. The highest BCUT2D eigenvalue weighted by Gasteiger charge is 2.32. The van der Waals surface area contributed by atoms with E-state index in [9.17, 15) is 9.59 Å². The number of hydrazone groups is 1. The average molecular weight is 590 g/mol. The molecule has 1 amide bonds. The summed E-state index contributed by atoms with van der Waals surface area (Å²) in [5, 5.41) is 10.6. The van der Waals surface area contributed by atoms with Gasteiger partial charge in [-0.1, -0.05) is 18.2 Å². The summed E-state index contributed by atoms with van der Waals surface area (Å²) in [6.07, 6.45) is 1.59. The van der Waals surface area contributed by atoms with E-state index in [1.807, 2.05) is 44.2 Å². The molecule has 3 heterocycles. The predicted molar refractivity (Wildman–Crippen MR) is 160 cm³/mol. The van der Waals surface area contributed by atoms with Crippen molar-refractivity contribution < 1.29 is 28.5 Å². The first-order valence-corrected chi connectivity index (χ1v) is 13.8. The lowest BCUT2D eigenvalue weighted by Crippen LogP contribution is -2.45. The van der Waals surface area contributed by atoms with Crippen LogP contribution in [0.5, 0.6) is 17.2 Å². The van der Waals surface area contributed by atoms with Crippen LogP contribution >= 0.6 is 12.2 Å². The Bertz CT molecular complexity index is 1610. The zero-order chi connectivity index (χ0) is 29.8. The van der Waals surface area contributed by atoms with Crippen LogP contribution in [-0.4, -0.2) is 47.8 Å². The van der Waals surface area contributed by atoms with E-state index in [2.05, 4.69) is 25.7 Å². The van der Waals surface area contributed by atoms with Crippen LogP contribution in [0.2, 0.25) is 0 Å². The Kier molecular flexibility index (Phi) is 8.43. The highest BCUT2D eigenvalue weighted by atomic mass is 32.1. The molecule has 0 aliphatic carbocycles. The van der Waals surface area contributed by atoms with Crippen LogP contribution in [0.4, 0.5) is 0 Å². The standard InChI is InChI=1S/C30H31N5O6S/c1-5-38-29(37)27-18(3)32-30(42)33-28(27)22-8-6-7-9-23(22)39-15-26(36)34-31-14-20-12-17(2)35(19(20)4)21-10-11-24-25(13-21)41-16-40-24/h6-14,28H,5,15-16H2,1-4H3,(H,34,36)(H2,32,33,42)/t28-/m1/s1. The lowest BCUT2D eigenvalue weighted by Gasteiger charge is -2.30. The molecule has 2 aliphatic heterocycles. The molecule has 42 heavy (non-hydrogen) atoms. The summed E-state index contributed by atoms with van der Waals surface area (Å²) in [5.74, 6) is 0.919. The van der Waals surface area contributed by atoms with Gasteiger partial charge in [-0.05, 0) is 64.2 Å². The van der Waals surface area contributed by atoms with E-state index in [0.29, 0.717) is 33.4 Å². The van der Waals surface area contributed by atoms with Crippen molar-refractivity contribution in [1.82, 2.24) is 20.6 Å². The van der Waals surface area contributed by atoms with E-state index in [4.69, 9.17) is 31.2 Å². The van der Waals surface area contributed by atoms with E-state index >= 15 is 0 Å². The summed E-state index contributed by atoms with van der Waals surface area (Å²) in [6, 6.07) is 14.3. The molecule has 11 nitrogen and oxygen atoms in total. The van der Waals surface area contributed by atoms with Gasteiger partial charge in [-0.15, -0.1) is 0 Å². The zero-order valence-electron chi connectivity index (χ0n) is 23.6. The molecule has 0 bridgehead atoms. The number of carbonyl (C=O) groups excluding carboxylic acids is 2. The molecule has 2 aliphatic rings. The Morgan fingerprint density at radius 1 is 1.14 bits per heavy atom.